The fraction of sp³-hybridized carbons (Fsp3) is 0. The Morgan fingerprint density at radius 2 is 1.05 bits per heavy atom. The van der Waals surface area contributed by atoms with Gasteiger partial charge in [-0.25, -0.2) is 4.85 Å². The Bertz CT molecular complexity index is 3980. The van der Waals surface area contributed by atoms with E-state index in [1.807, 2.05) is 109 Å². The molecule has 0 saturated heterocycles. The first-order valence-electron chi connectivity index (χ1n) is 20.1. The van der Waals surface area contributed by atoms with Gasteiger partial charge in [0.25, 0.3) is 0 Å². The predicted octanol–water partition coefficient (Wildman–Crippen LogP) is 14.1. The lowest BCUT2D eigenvalue weighted by Crippen LogP contribution is -2.08. The Morgan fingerprint density at radius 3 is 1.69 bits per heavy atom. The number of hydrogen-bond donors (Lipinski definition) is 0. The predicted molar refractivity (Wildman–Crippen MR) is 246 cm³/mol. The summed E-state index contributed by atoms with van der Waals surface area (Å²) in [6, 6.07) is 55.9. The SMILES string of the molecule is [C-]#[N+]c1c(-c2ccccc2)c(C#N)c(-n2c3ccccc3c3cc4oc5ccccc5c4cc32)c(-c2ccccc2)c1-n1c2ccnc3c4ccccc4c4nccc1c4c32. The normalized spacial score (nSPS) is 11.9. The molecule has 7 nitrogen and oxygen atoms in total. The number of fused-ring (bicyclic) bond motifs is 9. The highest BCUT2D eigenvalue weighted by Crippen LogP contribution is 2.53. The van der Waals surface area contributed by atoms with Crippen molar-refractivity contribution in [3.05, 3.63) is 187 Å². The molecule has 0 radical (unpaired) electrons. The molecule has 0 bridgehead atoms. The topological polar surface area (TPSA) is 76.9 Å². The number of hydrogen-bond acceptors (Lipinski definition) is 4. The summed E-state index contributed by atoms with van der Waals surface area (Å²) in [6.07, 6.45) is 3.72. The van der Waals surface area contributed by atoms with E-state index in [0.29, 0.717) is 28.2 Å². The second-order valence-corrected chi connectivity index (χ2v) is 15.4. The molecule has 0 atom stereocenters. The molecule has 61 heavy (non-hydrogen) atoms. The fourth-order valence-electron chi connectivity index (χ4n) is 10.0. The van der Waals surface area contributed by atoms with E-state index in [1.54, 1.807) is 0 Å². The minimum absolute atomic E-state index is 0.377. The fourth-order valence-corrected chi connectivity index (χ4v) is 10.0. The van der Waals surface area contributed by atoms with E-state index in [4.69, 9.17) is 21.0 Å². The van der Waals surface area contributed by atoms with Gasteiger partial charge < -0.3 is 13.6 Å². The number of furan rings is 1. The van der Waals surface area contributed by atoms with Crippen LogP contribution in [0.4, 0.5) is 5.69 Å². The summed E-state index contributed by atoms with van der Waals surface area (Å²) in [5.74, 6) is 0. The van der Waals surface area contributed by atoms with Gasteiger partial charge in [-0.2, -0.15) is 5.26 Å². The summed E-state index contributed by atoms with van der Waals surface area (Å²) in [5, 5.41) is 19.7. The Labute approximate surface area is 347 Å². The molecular weight excluding hydrogens is 749 g/mol. The molecule has 280 valence electrons. The van der Waals surface area contributed by atoms with Crippen LogP contribution in [-0.2, 0) is 0 Å². The van der Waals surface area contributed by atoms with E-state index in [2.05, 4.69) is 80.7 Å². The van der Waals surface area contributed by atoms with Gasteiger partial charge in [-0.15, -0.1) is 0 Å². The molecule has 0 aliphatic carbocycles. The average molecular weight is 777 g/mol. The molecular formula is C54H28N6O. The smallest absolute Gasteiger partial charge is 0.220 e. The van der Waals surface area contributed by atoms with Gasteiger partial charge in [0.15, 0.2) is 0 Å². The molecule has 5 heterocycles. The maximum absolute atomic E-state index is 11.7. The maximum atomic E-state index is 11.7. The zero-order valence-electron chi connectivity index (χ0n) is 32.3. The molecule has 0 saturated carbocycles. The van der Waals surface area contributed by atoms with E-state index >= 15 is 0 Å². The third kappa shape index (κ3) is 4.38. The van der Waals surface area contributed by atoms with Gasteiger partial charge in [-0.05, 0) is 47.5 Å². The van der Waals surface area contributed by atoms with E-state index in [1.165, 1.54) is 0 Å². The summed E-state index contributed by atoms with van der Waals surface area (Å²) >= 11 is 0. The standard InChI is InChI=1S/C54H28N6O/c1-56-52-46(31-14-4-2-5-15-31)39(30-55)53(59-40-22-12-10-18-33(40)37-29-45-38(28-43(37)59)34-19-11-13-23-44(34)61-45)47(32-16-6-3-7-17-32)54(52)60-41-24-26-57-50-35-20-8-9-21-36(35)51-49(48(41)50)42(60)25-27-58-51/h2-29H. The number of nitrogens with zero attached hydrogens (tertiary/aromatic N) is 6. The summed E-state index contributed by atoms with van der Waals surface area (Å²) in [6.45, 7) is 9.14. The minimum Gasteiger partial charge on any atom is -0.456 e. The van der Waals surface area contributed by atoms with E-state index in [-0.39, 0.29) is 0 Å². The zero-order chi connectivity index (χ0) is 40.3. The van der Waals surface area contributed by atoms with Crippen LogP contribution in [0.2, 0.25) is 0 Å². The van der Waals surface area contributed by atoms with Crippen LogP contribution in [0.3, 0.4) is 0 Å². The van der Waals surface area contributed by atoms with Crippen molar-refractivity contribution in [1.29, 1.82) is 5.26 Å². The largest absolute Gasteiger partial charge is 0.456 e. The van der Waals surface area contributed by atoms with Crippen molar-refractivity contribution in [1.82, 2.24) is 19.1 Å². The Balaban J connectivity index is 1.32. The monoisotopic (exact) mass is 776 g/mol. The highest BCUT2D eigenvalue weighted by Gasteiger charge is 2.32. The first kappa shape index (κ1) is 33.2. The van der Waals surface area contributed by atoms with Crippen molar-refractivity contribution in [2.75, 3.05) is 0 Å². The first-order valence-corrected chi connectivity index (χ1v) is 20.1. The highest BCUT2D eigenvalue weighted by atomic mass is 16.3. The van der Waals surface area contributed by atoms with E-state index in [9.17, 15) is 5.26 Å². The Morgan fingerprint density at radius 1 is 0.492 bits per heavy atom. The number of aromatic nitrogens is 4. The van der Waals surface area contributed by atoms with Gasteiger partial charge in [0.1, 0.15) is 17.2 Å². The lowest BCUT2D eigenvalue weighted by atomic mass is 9.88. The van der Waals surface area contributed by atoms with Gasteiger partial charge >= 0.3 is 0 Å². The van der Waals surface area contributed by atoms with Crippen LogP contribution < -0.4 is 0 Å². The minimum atomic E-state index is 0.377. The Hall–Kier alpha value is -8.78. The number of para-hydroxylation sites is 2. The quantitative estimate of drug-likeness (QED) is 0.132. The van der Waals surface area contributed by atoms with Gasteiger partial charge in [0.05, 0.1) is 56.6 Å². The molecule has 8 aromatic carbocycles. The van der Waals surface area contributed by atoms with Crippen LogP contribution in [0.25, 0.3) is 126 Å². The van der Waals surface area contributed by atoms with Crippen molar-refractivity contribution in [3.63, 3.8) is 0 Å². The van der Waals surface area contributed by atoms with Crippen molar-refractivity contribution in [2.45, 2.75) is 0 Å². The number of pyridine rings is 2. The zero-order valence-corrected chi connectivity index (χ0v) is 32.3. The van der Waals surface area contributed by atoms with E-state index < -0.39 is 0 Å². The molecule has 0 aliphatic heterocycles. The molecule has 7 heteroatoms. The lowest BCUT2D eigenvalue weighted by molar-refractivity contribution is 0.669. The van der Waals surface area contributed by atoms with Crippen LogP contribution in [0.1, 0.15) is 5.56 Å². The maximum Gasteiger partial charge on any atom is 0.220 e. The molecule has 5 aromatic heterocycles. The second-order valence-electron chi connectivity index (χ2n) is 15.4. The molecule has 13 rings (SSSR count). The number of rotatable bonds is 4. The van der Waals surface area contributed by atoms with E-state index in [0.717, 1.165) is 104 Å². The van der Waals surface area contributed by atoms with Crippen molar-refractivity contribution in [2.24, 2.45) is 0 Å². The molecule has 0 aliphatic rings. The van der Waals surface area contributed by atoms with Crippen LogP contribution in [0, 0.1) is 17.9 Å². The molecule has 0 amide bonds. The molecule has 0 spiro atoms. The molecule has 13 aromatic rings. The number of nitriles is 1. The molecule has 0 unspecified atom stereocenters. The van der Waals surface area contributed by atoms with Crippen LogP contribution >= 0.6 is 0 Å². The van der Waals surface area contributed by atoms with Crippen LogP contribution in [0.5, 0.6) is 0 Å². The van der Waals surface area contributed by atoms with Gasteiger partial charge in [0, 0.05) is 66.6 Å². The molecule has 0 fully saturated rings. The van der Waals surface area contributed by atoms with Gasteiger partial charge in [-0.1, -0.05) is 121 Å². The van der Waals surface area contributed by atoms with Gasteiger partial charge in [0.2, 0.25) is 5.69 Å². The second kappa shape index (κ2) is 12.4. The average Bonchev–Trinajstić information content (AvgIpc) is 3.97. The molecule has 0 N–H and O–H groups in total. The highest BCUT2D eigenvalue weighted by molar-refractivity contribution is 6.33. The lowest BCUT2D eigenvalue weighted by Gasteiger charge is -2.25. The van der Waals surface area contributed by atoms with Crippen molar-refractivity contribution < 1.29 is 4.42 Å². The third-order valence-corrected chi connectivity index (χ3v) is 12.4. The third-order valence-electron chi connectivity index (χ3n) is 12.4. The summed E-state index contributed by atoms with van der Waals surface area (Å²) in [4.78, 5) is 14.4. The first-order chi connectivity index (χ1) is 30.2. The van der Waals surface area contributed by atoms with Crippen molar-refractivity contribution in [3.8, 4) is 39.7 Å². The summed E-state index contributed by atoms with van der Waals surface area (Å²) < 4.78 is 10.9. The summed E-state index contributed by atoms with van der Waals surface area (Å²) in [5.41, 5.74) is 12.1. The number of benzene rings is 8. The summed E-state index contributed by atoms with van der Waals surface area (Å²) in [7, 11) is 0. The van der Waals surface area contributed by atoms with Crippen molar-refractivity contribution >= 4 is 93.0 Å². The van der Waals surface area contributed by atoms with Crippen LogP contribution in [0.15, 0.2) is 175 Å². The Kier molecular flexibility index (Phi) is 6.73. The van der Waals surface area contributed by atoms with Gasteiger partial charge in [-0.3, -0.25) is 9.97 Å². The van der Waals surface area contributed by atoms with Crippen LogP contribution in [-0.4, -0.2) is 19.1 Å².